The van der Waals surface area contributed by atoms with Crippen LogP contribution < -0.4 is 9.62 Å². The second kappa shape index (κ2) is 8.38. The lowest BCUT2D eigenvalue weighted by molar-refractivity contribution is 0.543. The van der Waals surface area contributed by atoms with Crippen LogP contribution in [0.2, 0.25) is 0 Å². The Morgan fingerprint density at radius 3 is 2.83 bits per heavy atom. The first-order valence-corrected chi connectivity index (χ1v) is 12.4. The van der Waals surface area contributed by atoms with Gasteiger partial charge in [0.25, 0.3) is 0 Å². The summed E-state index contributed by atoms with van der Waals surface area (Å²) in [6.45, 7) is 4.82. The topological polar surface area (TPSA) is 75.2 Å². The first-order valence-electron chi connectivity index (χ1n) is 10.1. The molecule has 1 N–H and O–H groups in total. The molecule has 3 aromatic rings. The highest BCUT2D eigenvalue weighted by atomic mass is 32.2. The van der Waals surface area contributed by atoms with Gasteiger partial charge in [0.1, 0.15) is 15.7 Å². The SMILES string of the molecule is CCCC(C)NS(=O)(=O)c1ccc(N2CCCC2c2nc3ccccc3s2)nc1. The number of hydrogen-bond acceptors (Lipinski definition) is 6. The van der Waals surface area contributed by atoms with Crippen molar-refractivity contribution < 1.29 is 8.42 Å². The minimum atomic E-state index is -3.55. The van der Waals surface area contributed by atoms with Gasteiger partial charge >= 0.3 is 0 Å². The Balaban J connectivity index is 1.55. The van der Waals surface area contributed by atoms with E-state index >= 15 is 0 Å². The van der Waals surface area contributed by atoms with Crippen molar-refractivity contribution in [2.75, 3.05) is 11.4 Å². The summed E-state index contributed by atoms with van der Waals surface area (Å²) in [5, 5.41) is 1.09. The molecule has 1 saturated heterocycles. The molecular weight excluding hydrogens is 404 g/mol. The quantitative estimate of drug-likeness (QED) is 0.597. The van der Waals surface area contributed by atoms with E-state index in [1.165, 1.54) is 10.9 Å². The van der Waals surface area contributed by atoms with E-state index in [0.29, 0.717) is 0 Å². The minimum absolute atomic E-state index is 0.0910. The Kier molecular flexibility index (Phi) is 5.85. The van der Waals surface area contributed by atoms with Crippen LogP contribution in [0, 0.1) is 0 Å². The lowest BCUT2D eigenvalue weighted by atomic mass is 10.2. The standard InChI is InChI=1S/C21H26N4O2S2/c1-3-7-15(2)24-29(26,27)16-11-12-20(22-14-16)25-13-6-9-18(25)21-23-17-8-4-5-10-19(17)28-21/h4-5,8,10-12,14-15,18,24H,3,6-7,9,13H2,1-2H3. The fourth-order valence-electron chi connectivity index (χ4n) is 3.86. The number of nitrogens with one attached hydrogen (secondary N) is 1. The molecule has 0 bridgehead atoms. The number of anilines is 1. The third-order valence-corrected chi connectivity index (χ3v) is 7.96. The number of nitrogens with zero attached hydrogens (tertiary/aromatic N) is 3. The molecule has 0 amide bonds. The zero-order chi connectivity index (χ0) is 20.4. The molecule has 0 aliphatic carbocycles. The van der Waals surface area contributed by atoms with Gasteiger partial charge < -0.3 is 4.90 Å². The Morgan fingerprint density at radius 1 is 1.28 bits per heavy atom. The van der Waals surface area contributed by atoms with Crippen molar-refractivity contribution in [1.82, 2.24) is 14.7 Å². The molecule has 2 unspecified atom stereocenters. The first kappa shape index (κ1) is 20.3. The molecule has 0 radical (unpaired) electrons. The summed E-state index contributed by atoms with van der Waals surface area (Å²) < 4.78 is 29.0. The zero-order valence-corrected chi connectivity index (χ0v) is 18.3. The zero-order valence-electron chi connectivity index (χ0n) is 16.7. The Morgan fingerprint density at radius 2 is 2.10 bits per heavy atom. The van der Waals surface area contributed by atoms with Crippen molar-refractivity contribution in [1.29, 1.82) is 0 Å². The van der Waals surface area contributed by atoms with Gasteiger partial charge in [-0.15, -0.1) is 11.3 Å². The molecule has 2 atom stereocenters. The van der Waals surface area contributed by atoms with Gasteiger partial charge in [0, 0.05) is 18.8 Å². The van der Waals surface area contributed by atoms with Gasteiger partial charge in [0.05, 0.1) is 16.3 Å². The minimum Gasteiger partial charge on any atom is -0.347 e. The molecule has 1 fully saturated rings. The van der Waals surface area contributed by atoms with E-state index in [9.17, 15) is 8.42 Å². The third kappa shape index (κ3) is 4.29. The number of benzene rings is 1. The van der Waals surface area contributed by atoms with Gasteiger partial charge in [-0.25, -0.2) is 23.1 Å². The average molecular weight is 431 g/mol. The summed E-state index contributed by atoms with van der Waals surface area (Å²) in [5.41, 5.74) is 1.03. The molecule has 154 valence electrons. The van der Waals surface area contributed by atoms with E-state index in [1.807, 2.05) is 38.1 Å². The van der Waals surface area contributed by atoms with E-state index in [-0.39, 0.29) is 17.0 Å². The van der Waals surface area contributed by atoms with Crippen LogP contribution >= 0.6 is 11.3 Å². The van der Waals surface area contributed by atoms with E-state index in [2.05, 4.69) is 20.7 Å². The number of pyridine rings is 1. The van der Waals surface area contributed by atoms with Gasteiger partial charge in [0.2, 0.25) is 10.0 Å². The molecule has 29 heavy (non-hydrogen) atoms. The predicted octanol–water partition coefficient (Wildman–Crippen LogP) is 4.50. The van der Waals surface area contributed by atoms with Crippen LogP contribution in [0.15, 0.2) is 47.5 Å². The van der Waals surface area contributed by atoms with Crippen molar-refractivity contribution in [3.8, 4) is 0 Å². The van der Waals surface area contributed by atoms with E-state index < -0.39 is 10.0 Å². The van der Waals surface area contributed by atoms with Crippen LogP contribution in [-0.4, -0.2) is 31.0 Å². The number of hydrogen-bond donors (Lipinski definition) is 1. The molecule has 1 aromatic carbocycles. The Hall–Kier alpha value is -2.03. The molecule has 1 aliphatic heterocycles. The largest absolute Gasteiger partial charge is 0.347 e. The monoisotopic (exact) mass is 430 g/mol. The Bertz CT molecular complexity index is 1050. The number of aromatic nitrogens is 2. The smallest absolute Gasteiger partial charge is 0.242 e. The van der Waals surface area contributed by atoms with Crippen LogP contribution in [0.1, 0.15) is 50.6 Å². The number of sulfonamides is 1. The highest BCUT2D eigenvalue weighted by Gasteiger charge is 2.30. The molecule has 6 nitrogen and oxygen atoms in total. The van der Waals surface area contributed by atoms with Gasteiger partial charge in [-0.05, 0) is 50.5 Å². The van der Waals surface area contributed by atoms with Gasteiger partial charge in [-0.2, -0.15) is 0 Å². The Labute approximate surface area is 176 Å². The summed E-state index contributed by atoms with van der Waals surface area (Å²) in [7, 11) is -3.55. The maximum Gasteiger partial charge on any atom is 0.242 e. The first-order chi connectivity index (χ1) is 14.0. The van der Waals surface area contributed by atoms with E-state index in [4.69, 9.17) is 4.98 Å². The van der Waals surface area contributed by atoms with Crippen molar-refractivity contribution >= 4 is 37.4 Å². The molecule has 8 heteroatoms. The fraction of sp³-hybridized carbons (Fsp3) is 0.429. The maximum absolute atomic E-state index is 12.6. The van der Waals surface area contributed by atoms with Crippen molar-refractivity contribution in [2.45, 2.75) is 56.5 Å². The van der Waals surface area contributed by atoms with Gasteiger partial charge in [0.15, 0.2) is 0 Å². The lowest BCUT2D eigenvalue weighted by Crippen LogP contribution is -2.32. The fourth-order valence-corrected chi connectivity index (χ4v) is 6.19. The molecule has 0 saturated carbocycles. The second-order valence-corrected chi connectivity index (χ2v) is 10.3. The summed E-state index contributed by atoms with van der Waals surface area (Å²) in [6.07, 6.45) is 5.30. The normalized spacial score (nSPS) is 18.4. The molecule has 0 spiro atoms. The third-order valence-electron chi connectivity index (χ3n) is 5.25. The summed E-state index contributed by atoms with van der Waals surface area (Å²) in [5.74, 6) is 0.798. The predicted molar refractivity (Wildman–Crippen MR) is 118 cm³/mol. The van der Waals surface area contributed by atoms with E-state index in [1.54, 1.807) is 17.4 Å². The maximum atomic E-state index is 12.6. The number of rotatable bonds is 7. The molecule has 4 rings (SSSR count). The molecule has 3 heterocycles. The molecule has 1 aliphatic rings. The highest BCUT2D eigenvalue weighted by molar-refractivity contribution is 7.89. The number of thiazole rings is 1. The lowest BCUT2D eigenvalue weighted by Gasteiger charge is -2.24. The number of fused-ring (bicyclic) bond motifs is 1. The molecule has 2 aromatic heterocycles. The van der Waals surface area contributed by atoms with Crippen molar-refractivity contribution in [3.63, 3.8) is 0 Å². The van der Waals surface area contributed by atoms with E-state index in [0.717, 1.165) is 48.6 Å². The van der Waals surface area contributed by atoms with Crippen LogP contribution in [-0.2, 0) is 10.0 Å². The van der Waals surface area contributed by atoms with Crippen LogP contribution in [0.4, 0.5) is 5.82 Å². The summed E-state index contributed by atoms with van der Waals surface area (Å²) in [6, 6.07) is 11.7. The average Bonchev–Trinajstić information content (AvgIpc) is 3.34. The van der Waals surface area contributed by atoms with Crippen LogP contribution in [0.3, 0.4) is 0 Å². The van der Waals surface area contributed by atoms with Crippen molar-refractivity contribution in [2.24, 2.45) is 0 Å². The van der Waals surface area contributed by atoms with Crippen molar-refractivity contribution in [3.05, 3.63) is 47.6 Å². The van der Waals surface area contributed by atoms with Crippen LogP contribution in [0.25, 0.3) is 10.2 Å². The second-order valence-electron chi connectivity index (χ2n) is 7.53. The van der Waals surface area contributed by atoms with Gasteiger partial charge in [-0.1, -0.05) is 25.5 Å². The molecular formula is C21H26N4O2S2. The van der Waals surface area contributed by atoms with Crippen LogP contribution in [0.5, 0.6) is 0 Å². The number of para-hydroxylation sites is 1. The van der Waals surface area contributed by atoms with Gasteiger partial charge in [-0.3, -0.25) is 0 Å². The summed E-state index contributed by atoms with van der Waals surface area (Å²) in [4.78, 5) is 11.8. The summed E-state index contributed by atoms with van der Waals surface area (Å²) >= 11 is 1.73. The highest BCUT2D eigenvalue weighted by Crippen LogP contribution is 2.38.